The molecule has 4 nitrogen and oxygen atoms in total. The first-order valence-corrected chi connectivity index (χ1v) is 5.77. The zero-order chi connectivity index (χ0) is 14.6. The quantitative estimate of drug-likeness (QED) is 0.862. The summed E-state index contributed by atoms with van der Waals surface area (Å²) in [4.78, 5) is 22.7. The Balaban J connectivity index is 2.84. The van der Waals surface area contributed by atoms with E-state index < -0.39 is 34.5 Å². The van der Waals surface area contributed by atoms with Crippen molar-refractivity contribution in [1.82, 2.24) is 5.32 Å². The first-order valence-electron chi connectivity index (χ1n) is 5.77. The fourth-order valence-electron chi connectivity index (χ4n) is 1.43. The molecule has 1 rings (SSSR count). The molecule has 0 saturated carbocycles. The van der Waals surface area contributed by atoms with Gasteiger partial charge in [-0.1, -0.05) is 13.0 Å². The van der Waals surface area contributed by atoms with Gasteiger partial charge >= 0.3 is 5.97 Å². The molecule has 0 aliphatic rings. The third kappa shape index (κ3) is 3.27. The van der Waals surface area contributed by atoms with Crippen molar-refractivity contribution in [2.24, 2.45) is 5.41 Å². The topological polar surface area (TPSA) is 66.4 Å². The van der Waals surface area contributed by atoms with Crippen molar-refractivity contribution in [3.63, 3.8) is 0 Å². The molecule has 1 atom stereocenters. The molecule has 104 valence electrons. The predicted molar refractivity (Wildman–Crippen MR) is 64.7 cm³/mol. The molecular weight excluding hydrogens is 256 g/mol. The van der Waals surface area contributed by atoms with Crippen LogP contribution in [-0.4, -0.2) is 23.5 Å². The summed E-state index contributed by atoms with van der Waals surface area (Å²) in [5, 5.41) is 11.3. The minimum atomic E-state index is -1.17. The van der Waals surface area contributed by atoms with Gasteiger partial charge in [-0.3, -0.25) is 9.59 Å². The number of hydrogen-bond donors (Lipinski definition) is 2. The van der Waals surface area contributed by atoms with Crippen LogP contribution in [0.2, 0.25) is 0 Å². The Kier molecular flexibility index (Phi) is 4.58. The predicted octanol–water partition coefficient (Wildman–Crippen LogP) is 2.20. The van der Waals surface area contributed by atoms with E-state index in [4.69, 9.17) is 5.11 Å². The van der Waals surface area contributed by atoms with Crippen LogP contribution >= 0.6 is 0 Å². The SMILES string of the molecule is CCC(C)(CNC(=O)c1c(F)cccc1F)C(=O)O. The Morgan fingerprint density at radius 2 is 1.84 bits per heavy atom. The molecule has 0 bridgehead atoms. The van der Waals surface area contributed by atoms with Crippen molar-refractivity contribution >= 4 is 11.9 Å². The summed E-state index contributed by atoms with van der Waals surface area (Å²) in [5.74, 6) is -4.00. The number of hydrogen-bond acceptors (Lipinski definition) is 2. The highest BCUT2D eigenvalue weighted by Gasteiger charge is 2.32. The summed E-state index contributed by atoms with van der Waals surface area (Å²) in [6, 6.07) is 3.08. The van der Waals surface area contributed by atoms with Gasteiger partial charge in [-0.05, 0) is 25.5 Å². The van der Waals surface area contributed by atoms with E-state index in [0.717, 1.165) is 18.2 Å². The molecule has 0 fully saturated rings. The minimum absolute atomic E-state index is 0.203. The van der Waals surface area contributed by atoms with Gasteiger partial charge in [0.1, 0.15) is 17.2 Å². The second kappa shape index (κ2) is 5.77. The third-order valence-electron chi connectivity index (χ3n) is 3.13. The van der Waals surface area contributed by atoms with Gasteiger partial charge in [0.05, 0.1) is 5.41 Å². The van der Waals surface area contributed by atoms with Crippen LogP contribution in [0.4, 0.5) is 8.78 Å². The largest absolute Gasteiger partial charge is 0.481 e. The van der Waals surface area contributed by atoms with Gasteiger partial charge < -0.3 is 10.4 Å². The molecule has 0 aliphatic heterocycles. The Hall–Kier alpha value is -1.98. The zero-order valence-electron chi connectivity index (χ0n) is 10.7. The molecule has 0 aliphatic carbocycles. The Labute approximate surface area is 109 Å². The van der Waals surface area contributed by atoms with Crippen molar-refractivity contribution in [1.29, 1.82) is 0 Å². The van der Waals surface area contributed by atoms with Gasteiger partial charge in [-0.2, -0.15) is 0 Å². The number of carbonyl (C=O) groups excluding carboxylic acids is 1. The highest BCUT2D eigenvalue weighted by molar-refractivity contribution is 5.95. The van der Waals surface area contributed by atoms with Crippen LogP contribution in [0.15, 0.2) is 18.2 Å². The number of carbonyl (C=O) groups is 2. The maximum absolute atomic E-state index is 13.3. The lowest BCUT2D eigenvalue weighted by molar-refractivity contribution is -0.147. The molecule has 19 heavy (non-hydrogen) atoms. The molecule has 1 aromatic rings. The van der Waals surface area contributed by atoms with Crippen LogP contribution in [0.3, 0.4) is 0 Å². The summed E-state index contributed by atoms with van der Waals surface area (Å²) >= 11 is 0. The molecule has 2 N–H and O–H groups in total. The molecule has 0 radical (unpaired) electrons. The Morgan fingerprint density at radius 3 is 2.26 bits per heavy atom. The average molecular weight is 271 g/mol. The van der Waals surface area contributed by atoms with Gasteiger partial charge in [-0.25, -0.2) is 8.78 Å². The Bertz CT molecular complexity index is 484. The smallest absolute Gasteiger partial charge is 0.311 e. The number of benzene rings is 1. The van der Waals surface area contributed by atoms with E-state index in [2.05, 4.69) is 5.32 Å². The number of carboxylic acid groups (broad SMARTS) is 1. The molecule has 0 spiro atoms. The number of carboxylic acids is 1. The van der Waals surface area contributed by atoms with Gasteiger partial charge in [0.25, 0.3) is 5.91 Å². The number of amides is 1. The average Bonchev–Trinajstić information content (AvgIpc) is 2.35. The minimum Gasteiger partial charge on any atom is -0.481 e. The normalized spacial score (nSPS) is 13.7. The van der Waals surface area contributed by atoms with Crippen molar-refractivity contribution in [3.05, 3.63) is 35.4 Å². The first kappa shape index (κ1) is 15.1. The number of rotatable bonds is 5. The number of aliphatic carboxylic acids is 1. The second-order valence-electron chi connectivity index (χ2n) is 4.50. The number of nitrogens with one attached hydrogen (secondary N) is 1. The van der Waals surface area contributed by atoms with E-state index in [1.54, 1.807) is 6.92 Å². The summed E-state index contributed by atoms with van der Waals surface area (Å²) in [7, 11) is 0. The fourth-order valence-corrected chi connectivity index (χ4v) is 1.43. The second-order valence-corrected chi connectivity index (χ2v) is 4.50. The van der Waals surface area contributed by atoms with Crippen LogP contribution in [-0.2, 0) is 4.79 Å². The van der Waals surface area contributed by atoms with E-state index in [1.807, 2.05) is 0 Å². The molecule has 1 amide bonds. The van der Waals surface area contributed by atoms with E-state index in [1.165, 1.54) is 6.92 Å². The monoisotopic (exact) mass is 271 g/mol. The Morgan fingerprint density at radius 1 is 1.32 bits per heavy atom. The molecule has 1 aromatic carbocycles. The zero-order valence-corrected chi connectivity index (χ0v) is 10.7. The molecular formula is C13H15F2NO3. The molecule has 0 aromatic heterocycles. The third-order valence-corrected chi connectivity index (χ3v) is 3.13. The van der Waals surface area contributed by atoms with Crippen LogP contribution in [0.5, 0.6) is 0 Å². The summed E-state index contributed by atoms with van der Waals surface area (Å²) in [6.07, 6.45) is 0.280. The van der Waals surface area contributed by atoms with Crippen LogP contribution < -0.4 is 5.32 Å². The van der Waals surface area contributed by atoms with Gasteiger partial charge in [0.2, 0.25) is 0 Å². The van der Waals surface area contributed by atoms with E-state index >= 15 is 0 Å². The lowest BCUT2D eigenvalue weighted by atomic mass is 9.87. The standard InChI is InChI=1S/C13H15F2NO3/c1-3-13(2,12(18)19)7-16-11(17)10-8(14)5-4-6-9(10)15/h4-6H,3,7H2,1-2H3,(H,16,17)(H,18,19). The van der Waals surface area contributed by atoms with Crippen molar-refractivity contribution < 1.29 is 23.5 Å². The molecule has 6 heteroatoms. The molecule has 0 heterocycles. The van der Waals surface area contributed by atoms with Gasteiger partial charge in [-0.15, -0.1) is 0 Å². The van der Waals surface area contributed by atoms with Crippen LogP contribution in [0, 0.1) is 17.0 Å². The molecule has 1 unspecified atom stereocenters. The first-order chi connectivity index (χ1) is 8.81. The van der Waals surface area contributed by atoms with Crippen molar-refractivity contribution in [2.45, 2.75) is 20.3 Å². The van der Waals surface area contributed by atoms with Crippen LogP contribution in [0.1, 0.15) is 30.6 Å². The van der Waals surface area contributed by atoms with E-state index in [-0.39, 0.29) is 13.0 Å². The number of halogens is 2. The lowest BCUT2D eigenvalue weighted by Gasteiger charge is -2.23. The fraction of sp³-hybridized carbons (Fsp3) is 0.385. The van der Waals surface area contributed by atoms with Gasteiger partial charge in [0, 0.05) is 6.54 Å². The highest BCUT2D eigenvalue weighted by atomic mass is 19.1. The highest BCUT2D eigenvalue weighted by Crippen LogP contribution is 2.20. The van der Waals surface area contributed by atoms with Crippen molar-refractivity contribution in [2.75, 3.05) is 6.54 Å². The van der Waals surface area contributed by atoms with Crippen molar-refractivity contribution in [3.8, 4) is 0 Å². The summed E-state index contributed by atoms with van der Waals surface area (Å²) < 4.78 is 26.7. The van der Waals surface area contributed by atoms with Gasteiger partial charge in [0.15, 0.2) is 0 Å². The lowest BCUT2D eigenvalue weighted by Crippen LogP contribution is -2.41. The maximum Gasteiger partial charge on any atom is 0.311 e. The van der Waals surface area contributed by atoms with E-state index in [9.17, 15) is 18.4 Å². The summed E-state index contributed by atoms with van der Waals surface area (Å²) in [5.41, 5.74) is -1.87. The van der Waals surface area contributed by atoms with Crippen LogP contribution in [0.25, 0.3) is 0 Å². The molecule has 0 saturated heterocycles. The maximum atomic E-state index is 13.3. The summed E-state index contributed by atoms with van der Waals surface area (Å²) in [6.45, 7) is 2.91. The van der Waals surface area contributed by atoms with E-state index in [0.29, 0.717) is 0 Å².